The number of hydrogen-bond donors (Lipinski definition) is 1. The van der Waals surface area contributed by atoms with Crippen LogP contribution >= 0.6 is 11.6 Å². The minimum absolute atomic E-state index is 0.336. The fourth-order valence-electron chi connectivity index (χ4n) is 2.55. The van der Waals surface area contributed by atoms with Crippen LogP contribution < -0.4 is 5.32 Å². The van der Waals surface area contributed by atoms with Gasteiger partial charge in [0.25, 0.3) is 5.91 Å². The van der Waals surface area contributed by atoms with Crippen molar-refractivity contribution < 1.29 is 4.79 Å². The molecule has 0 atom stereocenters. The van der Waals surface area contributed by atoms with Crippen LogP contribution in [-0.4, -0.2) is 26.1 Å². The van der Waals surface area contributed by atoms with Gasteiger partial charge in [0.05, 0.1) is 10.6 Å². The van der Waals surface area contributed by atoms with E-state index in [2.05, 4.69) is 32.4 Å². The van der Waals surface area contributed by atoms with Crippen LogP contribution in [0.5, 0.6) is 0 Å². The Morgan fingerprint density at radius 3 is 2.77 bits per heavy atom. The Morgan fingerprint density at radius 1 is 1.19 bits per heavy atom. The molecule has 0 saturated heterocycles. The second-order valence-electron chi connectivity index (χ2n) is 5.82. The fourth-order valence-corrected chi connectivity index (χ4v) is 2.75. The molecule has 26 heavy (non-hydrogen) atoms. The number of amides is 1. The molecule has 2 heterocycles. The van der Waals surface area contributed by atoms with Gasteiger partial charge in [0.1, 0.15) is 5.82 Å². The van der Waals surface area contributed by atoms with Crippen LogP contribution in [-0.2, 0) is 12.8 Å². The molecule has 1 N–H and O–H groups in total. The van der Waals surface area contributed by atoms with Gasteiger partial charge in [0, 0.05) is 24.0 Å². The minimum Gasteiger partial charge on any atom is -0.305 e. The lowest BCUT2D eigenvalue weighted by molar-refractivity contribution is 0.102. The maximum atomic E-state index is 12.5. The second-order valence-corrected chi connectivity index (χ2v) is 6.23. The number of nitrogens with zero attached hydrogens (tertiary/aromatic N) is 4. The van der Waals surface area contributed by atoms with Gasteiger partial charge >= 0.3 is 0 Å². The highest BCUT2D eigenvalue weighted by molar-refractivity contribution is 6.34. The van der Waals surface area contributed by atoms with Crippen LogP contribution in [0.3, 0.4) is 0 Å². The zero-order valence-corrected chi connectivity index (χ0v) is 15.3. The second kappa shape index (κ2) is 8.01. The van der Waals surface area contributed by atoms with Crippen LogP contribution in [0.1, 0.15) is 40.1 Å². The summed E-state index contributed by atoms with van der Waals surface area (Å²) in [6.45, 7) is 4.01. The number of carbonyl (C=O) groups excluding carboxylic acids is 1. The first-order valence-electron chi connectivity index (χ1n) is 8.26. The van der Waals surface area contributed by atoms with E-state index in [1.165, 1.54) is 6.20 Å². The molecular formula is C19H18ClN5O. The normalized spacial score (nSPS) is 10.6. The third-order valence-corrected chi connectivity index (χ3v) is 4.10. The number of rotatable bonds is 5. The lowest BCUT2D eigenvalue weighted by Gasteiger charge is -2.09. The molecule has 0 fully saturated rings. The van der Waals surface area contributed by atoms with E-state index in [-0.39, 0.29) is 5.91 Å². The van der Waals surface area contributed by atoms with E-state index in [1.54, 1.807) is 24.3 Å². The summed E-state index contributed by atoms with van der Waals surface area (Å²) in [7, 11) is 0. The Kier molecular flexibility index (Phi) is 5.53. The van der Waals surface area contributed by atoms with Crippen molar-refractivity contribution in [2.45, 2.75) is 26.7 Å². The molecule has 1 amide bonds. The van der Waals surface area contributed by atoms with Gasteiger partial charge in [-0.15, -0.1) is 5.10 Å². The van der Waals surface area contributed by atoms with Gasteiger partial charge in [-0.2, -0.15) is 5.10 Å². The largest absolute Gasteiger partial charge is 0.305 e. The summed E-state index contributed by atoms with van der Waals surface area (Å²) in [5, 5.41) is 10.6. The number of aryl methyl sites for hydroxylation is 2. The highest BCUT2D eigenvalue weighted by atomic mass is 35.5. The Bertz CT molecular complexity index is 930. The van der Waals surface area contributed by atoms with Crippen LogP contribution in [0.25, 0.3) is 0 Å². The van der Waals surface area contributed by atoms with Gasteiger partial charge in [-0.1, -0.05) is 24.6 Å². The molecule has 0 bridgehead atoms. The SMILES string of the molecule is CCc1cc(C)nc(Cc2ccc(Cl)c(C(=O)Nc3cccnn3)c2)n1. The van der Waals surface area contributed by atoms with Crippen LogP contribution in [0, 0.1) is 6.92 Å². The van der Waals surface area contributed by atoms with Crippen molar-refractivity contribution in [3.05, 3.63) is 76.0 Å². The van der Waals surface area contributed by atoms with E-state index >= 15 is 0 Å². The third kappa shape index (κ3) is 4.40. The van der Waals surface area contributed by atoms with E-state index in [1.807, 2.05) is 19.1 Å². The Balaban J connectivity index is 1.83. The number of aromatic nitrogens is 4. The summed E-state index contributed by atoms with van der Waals surface area (Å²) in [6, 6.07) is 10.7. The smallest absolute Gasteiger partial charge is 0.258 e. The first kappa shape index (κ1) is 17.9. The number of benzene rings is 1. The van der Waals surface area contributed by atoms with Crippen molar-refractivity contribution in [1.29, 1.82) is 0 Å². The summed E-state index contributed by atoms with van der Waals surface area (Å²) in [5.74, 6) is 0.759. The van der Waals surface area contributed by atoms with Crippen molar-refractivity contribution in [3.8, 4) is 0 Å². The average molecular weight is 368 g/mol. The molecular weight excluding hydrogens is 350 g/mol. The molecule has 0 aliphatic heterocycles. The Labute approximate surface area is 156 Å². The van der Waals surface area contributed by atoms with Crippen LogP contribution in [0.2, 0.25) is 5.02 Å². The summed E-state index contributed by atoms with van der Waals surface area (Å²) >= 11 is 6.21. The Morgan fingerprint density at radius 2 is 2.04 bits per heavy atom. The van der Waals surface area contributed by atoms with Gasteiger partial charge < -0.3 is 5.32 Å². The molecule has 1 aromatic carbocycles. The lowest BCUT2D eigenvalue weighted by Crippen LogP contribution is -2.14. The molecule has 0 saturated carbocycles. The highest BCUT2D eigenvalue weighted by Gasteiger charge is 2.13. The maximum absolute atomic E-state index is 12.5. The molecule has 0 unspecified atom stereocenters. The fraction of sp³-hybridized carbons (Fsp3) is 0.211. The van der Waals surface area contributed by atoms with Crippen LogP contribution in [0.4, 0.5) is 5.82 Å². The van der Waals surface area contributed by atoms with Gasteiger partial charge in [-0.05, 0) is 49.2 Å². The van der Waals surface area contributed by atoms with E-state index in [0.717, 1.165) is 29.2 Å². The van der Waals surface area contributed by atoms with Crippen LogP contribution in [0.15, 0.2) is 42.6 Å². The van der Waals surface area contributed by atoms with E-state index < -0.39 is 0 Å². The number of carbonyl (C=O) groups is 1. The summed E-state index contributed by atoms with van der Waals surface area (Å²) in [6.07, 6.45) is 2.91. The van der Waals surface area contributed by atoms with Gasteiger partial charge in [0.15, 0.2) is 5.82 Å². The quantitative estimate of drug-likeness (QED) is 0.744. The zero-order valence-electron chi connectivity index (χ0n) is 14.5. The molecule has 2 aromatic heterocycles. The van der Waals surface area contributed by atoms with Crippen molar-refractivity contribution in [3.63, 3.8) is 0 Å². The third-order valence-electron chi connectivity index (χ3n) is 3.77. The first-order valence-corrected chi connectivity index (χ1v) is 8.64. The molecule has 0 aliphatic rings. The molecule has 0 radical (unpaired) electrons. The monoisotopic (exact) mass is 367 g/mol. The predicted molar refractivity (Wildman–Crippen MR) is 100 cm³/mol. The highest BCUT2D eigenvalue weighted by Crippen LogP contribution is 2.20. The topological polar surface area (TPSA) is 80.7 Å². The lowest BCUT2D eigenvalue weighted by atomic mass is 10.1. The van der Waals surface area contributed by atoms with E-state index in [0.29, 0.717) is 22.8 Å². The molecule has 3 aromatic rings. The van der Waals surface area contributed by atoms with Gasteiger partial charge in [-0.3, -0.25) is 4.79 Å². The molecule has 7 heteroatoms. The van der Waals surface area contributed by atoms with Crippen molar-refractivity contribution in [1.82, 2.24) is 20.2 Å². The zero-order chi connectivity index (χ0) is 18.5. The van der Waals surface area contributed by atoms with E-state index in [9.17, 15) is 4.79 Å². The van der Waals surface area contributed by atoms with Gasteiger partial charge in [0.2, 0.25) is 0 Å². The number of halogens is 1. The molecule has 0 spiro atoms. The first-order chi connectivity index (χ1) is 12.5. The van der Waals surface area contributed by atoms with Crippen molar-refractivity contribution >= 4 is 23.3 Å². The number of nitrogens with one attached hydrogen (secondary N) is 1. The molecule has 0 aliphatic carbocycles. The maximum Gasteiger partial charge on any atom is 0.258 e. The molecule has 132 valence electrons. The summed E-state index contributed by atoms with van der Waals surface area (Å²) in [5.41, 5.74) is 3.22. The summed E-state index contributed by atoms with van der Waals surface area (Å²) < 4.78 is 0. The van der Waals surface area contributed by atoms with E-state index in [4.69, 9.17) is 11.6 Å². The molecule has 6 nitrogen and oxygen atoms in total. The average Bonchev–Trinajstić information content (AvgIpc) is 2.63. The van der Waals surface area contributed by atoms with Crippen molar-refractivity contribution in [2.24, 2.45) is 0 Å². The summed E-state index contributed by atoms with van der Waals surface area (Å²) in [4.78, 5) is 21.5. The minimum atomic E-state index is -0.336. The number of anilines is 1. The Hall–Kier alpha value is -2.86. The van der Waals surface area contributed by atoms with Gasteiger partial charge in [-0.25, -0.2) is 9.97 Å². The number of hydrogen-bond acceptors (Lipinski definition) is 5. The molecule has 3 rings (SSSR count). The predicted octanol–water partition coefficient (Wildman–Crippen LogP) is 3.63. The van der Waals surface area contributed by atoms with Crippen molar-refractivity contribution in [2.75, 3.05) is 5.32 Å². The standard InChI is InChI=1S/C19H18ClN5O/c1-3-14-9-12(2)22-18(23-14)11-13-6-7-16(20)15(10-13)19(26)24-17-5-4-8-21-25-17/h4-10H,3,11H2,1-2H3,(H,24,25,26).